The molecule has 17 nitrogen and oxygen atoms in total. The van der Waals surface area contributed by atoms with Crippen LogP contribution in [0.25, 0.3) is 22.3 Å². The Hall–Kier alpha value is -3.75. The minimum absolute atomic E-state index is 0.136. The Balaban J connectivity index is 1.40. The molecule has 2 aromatic carbocycles. The smallest absolute Gasteiger partial charge is 0.239 e. The lowest BCUT2D eigenvalue weighted by atomic mass is 9.98. The molecule has 2 fully saturated rings. The largest absolute Gasteiger partial charge is 0.507 e. The topological polar surface area (TPSA) is 279 Å². The van der Waals surface area contributed by atoms with E-state index in [4.69, 9.17) is 28.1 Å². The van der Waals surface area contributed by atoms with Crippen LogP contribution >= 0.6 is 0 Å². The number of phenols is 3. The number of fused-ring (bicyclic) bond motifs is 1. The van der Waals surface area contributed by atoms with E-state index in [9.17, 15) is 55.9 Å². The van der Waals surface area contributed by atoms with E-state index in [1.54, 1.807) is 0 Å². The van der Waals surface area contributed by atoms with Crippen LogP contribution in [0.2, 0.25) is 0 Å². The number of aliphatic hydroxyl groups excluding tert-OH is 7. The average Bonchev–Trinajstić information content (AvgIpc) is 3.01. The Morgan fingerprint density at radius 3 is 2.04 bits per heavy atom. The van der Waals surface area contributed by atoms with Crippen molar-refractivity contribution < 1.29 is 79.2 Å². The van der Waals surface area contributed by atoms with Crippen LogP contribution < -0.4 is 14.9 Å². The molecule has 3 aromatic rings. The second-order valence-electron chi connectivity index (χ2n) is 10.5. The second kappa shape index (κ2) is 12.9. The molecule has 0 aliphatic carbocycles. The summed E-state index contributed by atoms with van der Waals surface area (Å²) in [7, 11) is 1.19. The summed E-state index contributed by atoms with van der Waals surface area (Å²) in [5, 5.41) is 101. The molecule has 3 heterocycles. The van der Waals surface area contributed by atoms with E-state index in [1.165, 1.54) is 13.2 Å². The number of hydrogen-bond donors (Lipinski definition) is 10. The molecule has 2 aliphatic heterocycles. The number of phenolic OH excluding ortho intramolecular Hbond substituents is 3. The summed E-state index contributed by atoms with van der Waals surface area (Å²) in [5.41, 5.74) is -0.882. The number of ether oxygens (including phenoxy) is 5. The van der Waals surface area contributed by atoms with Gasteiger partial charge >= 0.3 is 0 Å². The van der Waals surface area contributed by atoms with E-state index in [1.807, 2.05) is 0 Å². The van der Waals surface area contributed by atoms with E-state index < -0.39 is 97.3 Å². The standard InChI is InChI=1S/C28H32O17/c1-40-26-20(35)17-13(32)5-10(6-14(17)43-25(26)9-2-3-11(30)12(31)4-9)42-28-24(39)22(37)19(34)16(45-28)8-41-27-23(38)21(36)18(33)15(7-29)44-27/h2-6,15-16,18-19,21-24,27-34,36-39H,7-8H2,1H3/t15?,16?,18-,19-,21+,22+,23?,24?,27-,28-/m1/s1. The predicted octanol–water partition coefficient (Wildman–Crippen LogP) is -2.41. The van der Waals surface area contributed by atoms with Crippen LogP contribution in [0.1, 0.15) is 0 Å². The fraction of sp³-hybridized carbons (Fsp3) is 0.464. The van der Waals surface area contributed by atoms with Gasteiger partial charge in [0, 0.05) is 17.7 Å². The summed E-state index contributed by atoms with van der Waals surface area (Å²) in [6.07, 6.45) is -16.5. The van der Waals surface area contributed by atoms with Gasteiger partial charge in [0.05, 0.1) is 20.3 Å². The first kappa shape index (κ1) is 32.6. The zero-order valence-corrected chi connectivity index (χ0v) is 23.4. The SMILES string of the molecule is COc1c(-c2ccc(O)c(O)c2)oc2cc(O[C@@H]3OC(CO[C@@H]4OC(CO)[C@@H](O)[C@H](O)C4O)[C@@H](O)[C@H](O)C3O)cc(O)c2c1=O. The van der Waals surface area contributed by atoms with Crippen LogP contribution in [0.15, 0.2) is 39.5 Å². The molecule has 0 radical (unpaired) electrons. The third-order valence-corrected chi connectivity index (χ3v) is 7.54. The lowest BCUT2D eigenvalue weighted by Gasteiger charge is -2.42. The van der Waals surface area contributed by atoms with Crippen molar-refractivity contribution >= 4 is 11.0 Å². The minimum Gasteiger partial charge on any atom is -0.507 e. The Labute approximate surface area is 252 Å². The van der Waals surface area contributed by atoms with E-state index in [-0.39, 0.29) is 33.8 Å². The van der Waals surface area contributed by atoms with Crippen LogP contribution in [0.5, 0.6) is 28.7 Å². The fourth-order valence-electron chi connectivity index (χ4n) is 5.05. The van der Waals surface area contributed by atoms with Crippen molar-refractivity contribution in [3.05, 3.63) is 40.6 Å². The number of aliphatic hydroxyl groups is 7. The maximum atomic E-state index is 13.2. The third kappa shape index (κ3) is 6.10. The van der Waals surface area contributed by atoms with Gasteiger partial charge in [-0.05, 0) is 18.2 Å². The maximum Gasteiger partial charge on any atom is 0.239 e. The van der Waals surface area contributed by atoms with E-state index in [0.29, 0.717) is 0 Å². The molecule has 10 N–H and O–H groups in total. The van der Waals surface area contributed by atoms with Crippen molar-refractivity contribution in [1.82, 2.24) is 0 Å². The number of benzene rings is 2. The Bertz CT molecular complexity index is 1570. The average molecular weight is 641 g/mol. The summed E-state index contributed by atoms with van der Waals surface area (Å²) in [6.45, 7) is -1.31. The van der Waals surface area contributed by atoms with Crippen molar-refractivity contribution in [3.8, 4) is 40.1 Å². The highest BCUT2D eigenvalue weighted by Crippen LogP contribution is 2.39. The van der Waals surface area contributed by atoms with Gasteiger partial charge in [-0.1, -0.05) is 0 Å². The minimum atomic E-state index is -1.85. The first-order valence-electron chi connectivity index (χ1n) is 13.5. The summed E-state index contributed by atoms with van der Waals surface area (Å²) < 4.78 is 32.9. The predicted molar refractivity (Wildman–Crippen MR) is 146 cm³/mol. The molecule has 1 aromatic heterocycles. The lowest BCUT2D eigenvalue weighted by Crippen LogP contribution is -2.62. The molecule has 2 saturated heterocycles. The van der Waals surface area contributed by atoms with Crippen LogP contribution in [0.3, 0.4) is 0 Å². The van der Waals surface area contributed by atoms with Crippen molar-refractivity contribution in [1.29, 1.82) is 0 Å². The van der Waals surface area contributed by atoms with Gasteiger partial charge in [0.1, 0.15) is 71.3 Å². The number of hydrogen-bond acceptors (Lipinski definition) is 17. The molecule has 17 heteroatoms. The highest BCUT2D eigenvalue weighted by molar-refractivity contribution is 5.88. The summed E-state index contributed by atoms with van der Waals surface area (Å²) in [5.74, 6) is -2.27. The molecular formula is C28H32O17. The zero-order chi connectivity index (χ0) is 32.7. The molecule has 5 rings (SSSR count). The van der Waals surface area contributed by atoms with Gasteiger partial charge in [-0.3, -0.25) is 4.79 Å². The van der Waals surface area contributed by atoms with Gasteiger partial charge in [0.2, 0.25) is 17.5 Å². The summed E-state index contributed by atoms with van der Waals surface area (Å²) in [4.78, 5) is 13.2. The molecule has 10 atom stereocenters. The second-order valence-corrected chi connectivity index (χ2v) is 10.5. The van der Waals surface area contributed by atoms with E-state index in [0.717, 1.165) is 24.3 Å². The summed E-state index contributed by atoms with van der Waals surface area (Å²) in [6, 6.07) is 5.77. The Morgan fingerprint density at radius 1 is 0.756 bits per heavy atom. The first-order chi connectivity index (χ1) is 21.4. The number of aromatic hydroxyl groups is 3. The molecule has 45 heavy (non-hydrogen) atoms. The zero-order valence-electron chi connectivity index (χ0n) is 23.4. The molecule has 0 saturated carbocycles. The quantitative estimate of drug-likeness (QED) is 0.115. The molecule has 246 valence electrons. The fourth-order valence-corrected chi connectivity index (χ4v) is 5.05. The normalized spacial score (nSPS) is 32.0. The van der Waals surface area contributed by atoms with Crippen LogP contribution in [-0.4, -0.2) is 133 Å². The van der Waals surface area contributed by atoms with Crippen LogP contribution in [0, 0.1) is 0 Å². The lowest BCUT2D eigenvalue weighted by molar-refractivity contribution is -0.323. The molecule has 4 unspecified atom stereocenters. The molecular weight excluding hydrogens is 608 g/mol. The van der Waals surface area contributed by atoms with Gasteiger partial charge in [-0.15, -0.1) is 0 Å². The van der Waals surface area contributed by atoms with Crippen molar-refractivity contribution in [3.63, 3.8) is 0 Å². The monoisotopic (exact) mass is 640 g/mol. The summed E-state index contributed by atoms with van der Waals surface area (Å²) >= 11 is 0. The third-order valence-electron chi connectivity index (χ3n) is 7.54. The number of methoxy groups -OCH3 is 1. The highest BCUT2D eigenvalue weighted by atomic mass is 16.7. The van der Waals surface area contributed by atoms with Gasteiger partial charge in [-0.25, -0.2) is 0 Å². The van der Waals surface area contributed by atoms with Gasteiger partial charge in [0.25, 0.3) is 0 Å². The molecule has 0 spiro atoms. The van der Waals surface area contributed by atoms with Gasteiger partial charge in [0.15, 0.2) is 23.5 Å². The van der Waals surface area contributed by atoms with Crippen LogP contribution in [-0.2, 0) is 14.2 Å². The van der Waals surface area contributed by atoms with Crippen molar-refractivity contribution in [2.45, 2.75) is 61.4 Å². The van der Waals surface area contributed by atoms with Gasteiger partial charge in [-0.2, -0.15) is 0 Å². The Kier molecular flexibility index (Phi) is 9.38. The van der Waals surface area contributed by atoms with Crippen molar-refractivity contribution in [2.24, 2.45) is 0 Å². The van der Waals surface area contributed by atoms with Crippen LogP contribution in [0.4, 0.5) is 0 Å². The number of rotatable bonds is 8. The maximum absolute atomic E-state index is 13.2. The van der Waals surface area contributed by atoms with Gasteiger partial charge < -0.3 is 79.2 Å². The highest BCUT2D eigenvalue weighted by Gasteiger charge is 2.48. The van der Waals surface area contributed by atoms with Crippen molar-refractivity contribution in [2.75, 3.05) is 20.3 Å². The molecule has 2 aliphatic rings. The first-order valence-corrected chi connectivity index (χ1v) is 13.5. The molecule has 0 bridgehead atoms. The van der Waals surface area contributed by atoms with E-state index in [2.05, 4.69) is 0 Å². The Morgan fingerprint density at radius 2 is 1.40 bits per heavy atom. The van der Waals surface area contributed by atoms with E-state index >= 15 is 0 Å². The molecule has 0 amide bonds.